The van der Waals surface area contributed by atoms with Crippen LogP contribution in [0, 0.1) is 11.3 Å². The van der Waals surface area contributed by atoms with Crippen molar-refractivity contribution in [2.75, 3.05) is 20.5 Å². The van der Waals surface area contributed by atoms with E-state index in [2.05, 4.69) is 5.32 Å². The Morgan fingerprint density at radius 3 is 2.89 bits per heavy atom. The first-order chi connectivity index (χ1) is 9.21. The molecular formula is C13H15FN2O3. The van der Waals surface area contributed by atoms with Crippen molar-refractivity contribution in [3.8, 4) is 17.6 Å². The Labute approximate surface area is 110 Å². The van der Waals surface area contributed by atoms with E-state index in [1.54, 1.807) is 18.2 Å². The van der Waals surface area contributed by atoms with E-state index in [0.717, 1.165) is 5.56 Å². The standard InChI is InChI=1S/C13H15FN2O3/c1-18-11-4-2-10(8-12(11)19-9-14)3-5-13(17)16-7-6-15/h2,4,8H,3,5,7,9H2,1H3,(H,16,17). The van der Waals surface area contributed by atoms with Gasteiger partial charge in [-0.25, -0.2) is 4.39 Å². The summed E-state index contributed by atoms with van der Waals surface area (Å²) in [5.74, 6) is 0.542. The third kappa shape index (κ3) is 4.84. The number of ether oxygens (including phenoxy) is 2. The summed E-state index contributed by atoms with van der Waals surface area (Å²) in [5, 5.41) is 10.8. The van der Waals surface area contributed by atoms with E-state index in [1.165, 1.54) is 7.11 Å². The molecule has 0 spiro atoms. The summed E-state index contributed by atoms with van der Waals surface area (Å²) in [4.78, 5) is 11.3. The lowest BCUT2D eigenvalue weighted by Gasteiger charge is -2.10. The third-order valence-corrected chi connectivity index (χ3v) is 2.44. The van der Waals surface area contributed by atoms with Crippen LogP contribution in [0.25, 0.3) is 0 Å². The second-order valence-electron chi connectivity index (χ2n) is 3.67. The van der Waals surface area contributed by atoms with Crippen LogP contribution in [0.5, 0.6) is 11.5 Å². The van der Waals surface area contributed by atoms with E-state index in [0.29, 0.717) is 17.9 Å². The van der Waals surface area contributed by atoms with Crippen molar-refractivity contribution >= 4 is 5.91 Å². The van der Waals surface area contributed by atoms with Crippen LogP contribution in [-0.4, -0.2) is 26.4 Å². The Morgan fingerprint density at radius 1 is 1.47 bits per heavy atom. The molecule has 0 unspecified atom stereocenters. The maximum Gasteiger partial charge on any atom is 0.228 e. The largest absolute Gasteiger partial charge is 0.493 e. The Bertz CT molecular complexity index is 471. The molecular weight excluding hydrogens is 251 g/mol. The molecule has 0 fully saturated rings. The van der Waals surface area contributed by atoms with Gasteiger partial charge in [0.15, 0.2) is 11.5 Å². The summed E-state index contributed by atoms with van der Waals surface area (Å²) in [7, 11) is 1.47. The molecule has 19 heavy (non-hydrogen) atoms. The number of methoxy groups -OCH3 is 1. The molecule has 0 radical (unpaired) electrons. The third-order valence-electron chi connectivity index (χ3n) is 2.44. The lowest BCUT2D eigenvalue weighted by Crippen LogP contribution is -2.23. The van der Waals surface area contributed by atoms with E-state index in [9.17, 15) is 9.18 Å². The maximum atomic E-state index is 12.2. The molecule has 1 aromatic rings. The number of amides is 1. The smallest absolute Gasteiger partial charge is 0.228 e. The average molecular weight is 266 g/mol. The fourth-order valence-corrected chi connectivity index (χ4v) is 1.53. The Kier molecular flexibility index (Phi) is 6.16. The number of nitriles is 1. The Morgan fingerprint density at radius 2 is 2.26 bits per heavy atom. The number of nitrogens with zero attached hydrogens (tertiary/aromatic N) is 1. The first-order valence-electron chi connectivity index (χ1n) is 5.70. The molecule has 0 bridgehead atoms. The summed E-state index contributed by atoms with van der Waals surface area (Å²) in [6.45, 7) is -0.944. The molecule has 0 aliphatic heterocycles. The van der Waals surface area contributed by atoms with Crippen molar-refractivity contribution in [3.05, 3.63) is 23.8 Å². The van der Waals surface area contributed by atoms with Crippen molar-refractivity contribution in [3.63, 3.8) is 0 Å². The molecule has 0 atom stereocenters. The summed E-state index contributed by atoms with van der Waals surface area (Å²) >= 11 is 0. The van der Waals surface area contributed by atoms with E-state index in [1.807, 2.05) is 6.07 Å². The summed E-state index contributed by atoms with van der Waals surface area (Å²) < 4.78 is 22.0. The predicted molar refractivity (Wildman–Crippen MR) is 66.5 cm³/mol. The zero-order chi connectivity index (χ0) is 14.1. The average Bonchev–Trinajstić information content (AvgIpc) is 2.43. The Hall–Kier alpha value is -2.29. The van der Waals surface area contributed by atoms with Gasteiger partial charge in [-0.2, -0.15) is 5.26 Å². The zero-order valence-electron chi connectivity index (χ0n) is 10.6. The molecule has 0 aliphatic carbocycles. The number of hydrogen-bond donors (Lipinski definition) is 1. The number of carbonyl (C=O) groups is 1. The minimum Gasteiger partial charge on any atom is -0.493 e. The highest BCUT2D eigenvalue weighted by atomic mass is 19.1. The van der Waals surface area contributed by atoms with E-state index >= 15 is 0 Å². The second-order valence-corrected chi connectivity index (χ2v) is 3.67. The van der Waals surface area contributed by atoms with Crippen molar-refractivity contribution in [1.82, 2.24) is 5.32 Å². The fraction of sp³-hybridized carbons (Fsp3) is 0.385. The lowest BCUT2D eigenvalue weighted by atomic mass is 10.1. The van der Waals surface area contributed by atoms with Crippen LogP contribution >= 0.6 is 0 Å². The van der Waals surface area contributed by atoms with Gasteiger partial charge in [0, 0.05) is 6.42 Å². The number of benzene rings is 1. The van der Waals surface area contributed by atoms with Crippen molar-refractivity contribution < 1.29 is 18.7 Å². The monoisotopic (exact) mass is 266 g/mol. The van der Waals surface area contributed by atoms with Crippen LogP contribution in [0.4, 0.5) is 4.39 Å². The molecule has 102 valence electrons. The fourth-order valence-electron chi connectivity index (χ4n) is 1.53. The molecule has 1 rings (SSSR count). The summed E-state index contributed by atoms with van der Waals surface area (Å²) in [6.07, 6.45) is 0.729. The number of aryl methyl sites for hydroxylation is 1. The molecule has 0 heterocycles. The number of halogens is 1. The topological polar surface area (TPSA) is 71.3 Å². The van der Waals surface area contributed by atoms with Gasteiger partial charge in [0.25, 0.3) is 0 Å². The van der Waals surface area contributed by atoms with Crippen molar-refractivity contribution in [2.45, 2.75) is 12.8 Å². The molecule has 5 nitrogen and oxygen atoms in total. The van der Waals surface area contributed by atoms with Crippen molar-refractivity contribution in [2.24, 2.45) is 0 Å². The van der Waals surface area contributed by atoms with Gasteiger partial charge in [-0.15, -0.1) is 0 Å². The van der Waals surface area contributed by atoms with Gasteiger partial charge >= 0.3 is 0 Å². The molecule has 6 heteroatoms. The Balaban J connectivity index is 2.61. The number of carbonyl (C=O) groups excluding carboxylic acids is 1. The van der Waals surface area contributed by atoms with Crippen LogP contribution < -0.4 is 14.8 Å². The van der Waals surface area contributed by atoms with E-state index in [4.69, 9.17) is 14.7 Å². The molecule has 0 saturated heterocycles. The van der Waals surface area contributed by atoms with Crippen LogP contribution in [0.3, 0.4) is 0 Å². The SMILES string of the molecule is COc1ccc(CCC(=O)NCC#N)cc1OCF. The van der Waals surface area contributed by atoms with Gasteiger partial charge in [0.05, 0.1) is 13.2 Å². The first kappa shape index (κ1) is 14.8. The summed E-state index contributed by atoms with van der Waals surface area (Å²) in [6, 6.07) is 6.90. The molecule has 0 aromatic heterocycles. The second kappa shape index (κ2) is 7.93. The van der Waals surface area contributed by atoms with Gasteiger partial charge in [-0.05, 0) is 24.1 Å². The normalized spacial score (nSPS) is 9.53. The van der Waals surface area contributed by atoms with Gasteiger partial charge in [0.1, 0.15) is 6.54 Å². The molecule has 0 aliphatic rings. The number of alkyl halides is 1. The van der Waals surface area contributed by atoms with E-state index < -0.39 is 6.86 Å². The van der Waals surface area contributed by atoms with Crippen molar-refractivity contribution in [1.29, 1.82) is 5.26 Å². The minimum atomic E-state index is -0.942. The quantitative estimate of drug-likeness (QED) is 0.760. The number of rotatable bonds is 7. The van der Waals surface area contributed by atoms with Crippen LogP contribution in [-0.2, 0) is 11.2 Å². The highest BCUT2D eigenvalue weighted by Gasteiger charge is 2.07. The molecule has 1 amide bonds. The lowest BCUT2D eigenvalue weighted by molar-refractivity contribution is -0.120. The molecule has 0 saturated carbocycles. The van der Waals surface area contributed by atoms with Gasteiger partial charge in [-0.1, -0.05) is 6.07 Å². The van der Waals surface area contributed by atoms with Crippen LogP contribution in [0.15, 0.2) is 18.2 Å². The summed E-state index contributed by atoms with van der Waals surface area (Å²) in [5.41, 5.74) is 0.830. The zero-order valence-corrected chi connectivity index (χ0v) is 10.6. The molecule has 1 N–H and O–H groups in total. The highest BCUT2D eigenvalue weighted by Crippen LogP contribution is 2.28. The van der Waals surface area contributed by atoms with Gasteiger partial charge in [0.2, 0.25) is 12.8 Å². The van der Waals surface area contributed by atoms with Crippen LogP contribution in [0.1, 0.15) is 12.0 Å². The maximum absolute atomic E-state index is 12.2. The van der Waals surface area contributed by atoms with Crippen LogP contribution in [0.2, 0.25) is 0 Å². The van der Waals surface area contributed by atoms with E-state index in [-0.39, 0.29) is 18.9 Å². The number of hydrogen-bond acceptors (Lipinski definition) is 4. The number of nitrogens with one attached hydrogen (secondary N) is 1. The highest BCUT2D eigenvalue weighted by molar-refractivity contribution is 5.76. The predicted octanol–water partition coefficient (Wildman–Crippen LogP) is 1.57. The first-order valence-corrected chi connectivity index (χ1v) is 5.70. The van der Waals surface area contributed by atoms with Gasteiger partial charge in [-0.3, -0.25) is 4.79 Å². The minimum absolute atomic E-state index is 0.00232. The van der Waals surface area contributed by atoms with Gasteiger partial charge < -0.3 is 14.8 Å². The molecule has 1 aromatic carbocycles.